The standard InChI is InChI=1S/C16H14Br2N4O2S/c17-9-4-8-5-10(14(23)24-13(8)11(18)6-9)12-7-25-16(21-12)22-15-19-2-1-3-20-15/h4-7,15,19-20H,1-3H2,(H,21,22). The molecule has 0 bridgehead atoms. The largest absolute Gasteiger partial charge is 0.421 e. The zero-order valence-corrected chi connectivity index (χ0v) is 16.9. The van der Waals surface area contributed by atoms with Gasteiger partial charge in [-0.1, -0.05) is 15.9 Å². The number of nitrogens with zero attached hydrogens (tertiary/aromatic N) is 1. The number of halogens is 2. The predicted molar refractivity (Wildman–Crippen MR) is 107 cm³/mol. The summed E-state index contributed by atoms with van der Waals surface area (Å²) in [5.41, 5.74) is 1.18. The van der Waals surface area contributed by atoms with E-state index in [-0.39, 0.29) is 6.29 Å². The molecule has 0 saturated carbocycles. The molecule has 2 aromatic heterocycles. The van der Waals surface area contributed by atoms with Gasteiger partial charge in [-0.25, -0.2) is 9.78 Å². The van der Waals surface area contributed by atoms with E-state index in [9.17, 15) is 4.79 Å². The molecule has 0 atom stereocenters. The maximum Gasteiger partial charge on any atom is 0.345 e. The number of fused-ring (bicyclic) bond motifs is 1. The van der Waals surface area contributed by atoms with Crippen molar-refractivity contribution >= 4 is 59.3 Å². The quantitative estimate of drug-likeness (QED) is 0.490. The Labute approximate surface area is 164 Å². The van der Waals surface area contributed by atoms with Gasteiger partial charge in [0.05, 0.1) is 15.7 Å². The minimum absolute atomic E-state index is 0.00678. The molecule has 3 heterocycles. The molecule has 4 rings (SSSR count). The van der Waals surface area contributed by atoms with Crippen LogP contribution in [-0.4, -0.2) is 24.4 Å². The molecule has 1 aliphatic rings. The fourth-order valence-corrected chi connectivity index (χ4v) is 4.76. The van der Waals surface area contributed by atoms with E-state index >= 15 is 0 Å². The number of rotatable bonds is 3. The molecule has 0 spiro atoms. The third-order valence-corrected chi connectivity index (χ3v) is 5.67. The highest BCUT2D eigenvalue weighted by atomic mass is 79.9. The monoisotopic (exact) mass is 484 g/mol. The van der Waals surface area contributed by atoms with E-state index in [0.29, 0.717) is 16.8 Å². The maximum atomic E-state index is 12.4. The summed E-state index contributed by atoms with van der Waals surface area (Å²) in [5, 5.41) is 13.4. The summed E-state index contributed by atoms with van der Waals surface area (Å²) in [4.78, 5) is 16.9. The van der Waals surface area contributed by atoms with Crippen LogP contribution in [-0.2, 0) is 0 Å². The second kappa shape index (κ2) is 7.16. The molecule has 1 fully saturated rings. The second-order valence-corrected chi connectivity index (χ2v) is 8.26. The second-order valence-electron chi connectivity index (χ2n) is 5.63. The first kappa shape index (κ1) is 17.2. The number of benzene rings is 1. The molecule has 0 unspecified atom stereocenters. The summed E-state index contributed by atoms with van der Waals surface area (Å²) in [7, 11) is 0. The Morgan fingerprint density at radius 3 is 2.84 bits per heavy atom. The number of hydrogen-bond acceptors (Lipinski definition) is 7. The first-order valence-corrected chi connectivity index (χ1v) is 10.2. The highest BCUT2D eigenvalue weighted by Crippen LogP contribution is 2.31. The minimum atomic E-state index is -0.402. The SMILES string of the molecule is O=c1oc2c(Br)cc(Br)cc2cc1-c1csc(NC2NCCCN2)n1. The molecule has 25 heavy (non-hydrogen) atoms. The summed E-state index contributed by atoms with van der Waals surface area (Å²) in [6.45, 7) is 1.92. The highest BCUT2D eigenvalue weighted by Gasteiger charge is 2.16. The lowest BCUT2D eigenvalue weighted by Gasteiger charge is -2.25. The van der Waals surface area contributed by atoms with Crippen molar-refractivity contribution in [2.45, 2.75) is 12.7 Å². The van der Waals surface area contributed by atoms with Gasteiger partial charge in [0, 0.05) is 15.2 Å². The average molecular weight is 486 g/mol. The van der Waals surface area contributed by atoms with Crippen molar-refractivity contribution in [3.8, 4) is 11.3 Å². The predicted octanol–water partition coefficient (Wildman–Crippen LogP) is 3.72. The fraction of sp³-hybridized carbons (Fsp3) is 0.250. The zero-order valence-electron chi connectivity index (χ0n) is 12.9. The lowest BCUT2D eigenvalue weighted by molar-refractivity contribution is 0.402. The van der Waals surface area contributed by atoms with Gasteiger partial charge in [0.25, 0.3) is 0 Å². The van der Waals surface area contributed by atoms with Crippen LogP contribution in [0.1, 0.15) is 6.42 Å². The van der Waals surface area contributed by atoms with E-state index in [1.54, 1.807) is 0 Å². The van der Waals surface area contributed by atoms with Crippen molar-refractivity contribution in [1.82, 2.24) is 15.6 Å². The molecule has 9 heteroatoms. The first-order chi connectivity index (χ1) is 12.1. The van der Waals surface area contributed by atoms with Gasteiger partial charge in [-0.15, -0.1) is 11.3 Å². The number of hydrogen-bond donors (Lipinski definition) is 3. The van der Waals surface area contributed by atoms with Gasteiger partial charge in [0.1, 0.15) is 6.29 Å². The molecule has 0 radical (unpaired) electrons. The van der Waals surface area contributed by atoms with Crippen LogP contribution in [0.2, 0.25) is 0 Å². The molecule has 3 N–H and O–H groups in total. The Morgan fingerprint density at radius 1 is 1.24 bits per heavy atom. The summed E-state index contributed by atoms with van der Waals surface area (Å²) in [5.74, 6) is 0. The Balaban J connectivity index is 1.67. The molecular weight excluding hydrogens is 472 g/mol. The topological polar surface area (TPSA) is 79.2 Å². The smallest absolute Gasteiger partial charge is 0.345 e. The number of nitrogens with one attached hydrogen (secondary N) is 3. The van der Waals surface area contributed by atoms with Gasteiger partial charge in [-0.2, -0.15) is 0 Å². The van der Waals surface area contributed by atoms with Crippen LogP contribution >= 0.6 is 43.2 Å². The molecule has 1 aliphatic heterocycles. The van der Waals surface area contributed by atoms with Gasteiger partial charge >= 0.3 is 5.63 Å². The van der Waals surface area contributed by atoms with Crippen molar-refractivity contribution in [2.75, 3.05) is 18.4 Å². The lowest BCUT2D eigenvalue weighted by Crippen LogP contribution is -2.52. The van der Waals surface area contributed by atoms with Crippen LogP contribution in [0.5, 0.6) is 0 Å². The Hall–Kier alpha value is -1.26. The van der Waals surface area contributed by atoms with Gasteiger partial charge in [-0.05, 0) is 53.6 Å². The van der Waals surface area contributed by atoms with Crippen molar-refractivity contribution in [2.24, 2.45) is 0 Å². The van der Waals surface area contributed by atoms with E-state index in [1.165, 1.54) is 11.3 Å². The zero-order chi connectivity index (χ0) is 17.4. The van der Waals surface area contributed by atoms with Crippen LogP contribution in [0.25, 0.3) is 22.2 Å². The molecule has 6 nitrogen and oxygen atoms in total. The summed E-state index contributed by atoms with van der Waals surface area (Å²) in [6, 6.07) is 5.57. The van der Waals surface area contributed by atoms with Crippen LogP contribution in [0.15, 0.2) is 41.7 Å². The molecule has 130 valence electrons. The Morgan fingerprint density at radius 2 is 2.04 bits per heavy atom. The number of aromatic nitrogens is 1. The van der Waals surface area contributed by atoms with Crippen LogP contribution in [0.3, 0.4) is 0 Å². The molecule has 0 aliphatic carbocycles. The normalized spacial score (nSPS) is 15.6. The van der Waals surface area contributed by atoms with Crippen molar-refractivity contribution in [1.29, 1.82) is 0 Å². The lowest BCUT2D eigenvalue weighted by atomic mass is 10.1. The van der Waals surface area contributed by atoms with Gasteiger partial charge in [-0.3, -0.25) is 10.6 Å². The van der Waals surface area contributed by atoms with Gasteiger partial charge in [0.2, 0.25) is 0 Å². The highest BCUT2D eigenvalue weighted by molar-refractivity contribution is 9.11. The average Bonchev–Trinajstić information content (AvgIpc) is 3.04. The number of anilines is 1. The van der Waals surface area contributed by atoms with Crippen LogP contribution in [0, 0.1) is 0 Å². The number of thiazole rings is 1. The fourth-order valence-electron chi connectivity index (χ4n) is 2.68. The van der Waals surface area contributed by atoms with E-state index in [2.05, 4.69) is 52.8 Å². The van der Waals surface area contributed by atoms with Crippen molar-refractivity contribution in [3.05, 3.63) is 42.9 Å². The Bertz CT molecular complexity index is 982. The third-order valence-electron chi connectivity index (χ3n) is 3.85. The summed E-state index contributed by atoms with van der Waals surface area (Å²) in [6.07, 6.45) is 1.09. The van der Waals surface area contributed by atoms with E-state index < -0.39 is 5.63 Å². The first-order valence-electron chi connectivity index (χ1n) is 7.72. The maximum absolute atomic E-state index is 12.4. The molecule has 0 amide bonds. The van der Waals surface area contributed by atoms with Crippen molar-refractivity contribution in [3.63, 3.8) is 0 Å². The summed E-state index contributed by atoms with van der Waals surface area (Å²) < 4.78 is 7.12. The van der Waals surface area contributed by atoms with E-state index in [4.69, 9.17) is 4.42 Å². The van der Waals surface area contributed by atoms with Gasteiger partial charge < -0.3 is 9.73 Å². The van der Waals surface area contributed by atoms with Crippen LogP contribution < -0.4 is 21.6 Å². The van der Waals surface area contributed by atoms with Gasteiger partial charge in [0.15, 0.2) is 10.7 Å². The van der Waals surface area contributed by atoms with Crippen molar-refractivity contribution < 1.29 is 4.42 Å². The van der Waals surface area contributed by atoms with E-state index in [0.717, 1.165) is 39.0 Å². The molecular formula is C16H14Br2N4O2S. The van der Waals surface area contributed by atoms with Crippen LogP contribution in [0.4, 0.5) is 5.13 Å². The molecule has 3 aromatic rings. The minimum Gasteiger partial charge on any atom is -0.421 e. The Kier molecular flexibility index (Phi) is 4.92. The third kappa shape index (κ3) is 3.65. The summed E-state index contributed by atoms with van der Waals surface area (Å²) >= 11 is 8.33. The molecule has 1 saturated heterocycles. The molecule has 1 aromatic carbocycles. The van der Waals surface area contributed by atoms with E-state index in [1.807, 2.05) is 23.6 Å².